The number of rotatable bonds is 5. The van der Waals surface area contributed by atoms with Crippen LogP contribution >= 0.6 is 0 Å². The van der Waals surface area contributed by atoms with Crippen LogP contribution in [-0.2, 0) is 0 Å². The molecule has 0 aliphatic rings. The van der Waals surface area contributed by atoms with Gasteiger partial charge in [-0.3, -0.25) is 0 Å². The van der Waals surface area contributed by atoms with Gasteiger partial charge in [0, 0.05) is 23.9 Å². The second-order valence-electron chi connectivity index (χ2n) is 4.64. The van der Waals surface area contributed by atoms with Crippen molar-refractivity contribution in [3.05, 3.63) is 36.2 Å². The molecule has 3 aromatic rings. The van der Waals surface area contributed by atoms with Gasteiger partial charge in [0.2, 0.25) is 5.88 Å². The number of ether oxygens (including phenoxy) is 2. The lowest BCUT2D eigenvalue weighted by Gasteiger charge is -2.11. The van der Waals surface area contributed by atoms with E-state index < -0.39 is 0 Å². The summed E-state index contributed by atoms with van der Waals surface area (Å²) in [7, 11) is 3.14. The maximum atomic E-state index is 5.33. The summed E-state index contributed by atoms with van der Waals surface area (Å²) in [6.45, 7) is 1.82. The molecule has 0 radical (unpaired) electrons. The van der Waals surface area contributed by atoms with E-state index in [0.717, 1.165) is 11.4 Å². The van der Waals surface area contributed by atoms with Gasteiger partial charge in [-0.2, -0.15) is 4.68 Å². The molecule has 0 fully saturated rings. The van der Waals surface area contributed by atoms with E-state index in [1.165, 1.54) is 0 Å². The van der Waals surface area contributed by atoms with Crippen LogP contribution in [0.4, 0.5) is 11.5 Å². The third-order valence-corrected chi connectivity index (χ3v) is 3.12. The molecule has 2 heterocycles. The van der Waals surface area contributed by atoms with E-state index in [0.29, 0.717) is 23.3 Å². The van der Waals surface area contributed by atoms with Crippen LogP contribution in [0, 0.1) is 6.92 Å². The molecule has 0 saturated carbocycles. The Morgan fingerprint density at radius 2 is 1.87 bits per heavy atom. The summed E-state index contributed by atoms with van der Waals surface area (Å²) >= 11 is 0. The summed E-state index contributed by atoms with van der Waals surface area (Å²) in [5, 5.41) is 22.6. The predicted molar refractivity (Wildman–Crippen MR) is 82.3 cm³/mol. The van der Waals surface area contributed by atoms with Crippen LogP contribution in [0.25, 0.3) is 5.69 Å². The molecule has 0 aliphatic carbocycles. The molecule has 3 rings (SSSR count). The van der Waals surface area contributed by atoms with Gasteiger partial charge in [-0.05, 0) is 29.5 Å². The molecule has 0 atom stereocenters. The number of hydrogen-bond donors (Lipinski definition) is 1. The molecule has 9 nitrogen and oxygen atoms in total. The van der Waals surface area contributed by atoms with Crippen molar-refractivity contribution in [3.8, 4) is 17.3 Å². The maximum absolute atomic E-state index is 5.33. The Bertz CT molecular complexity index is 801. The summed E-state index contributed by atoms with van der Waals surface area (Å²) in [6, 6.07) is 9.07. The first kappa shape index (κ1) is 14.7. The Balaban J connectivity index is 1.93. The van der Waals surface area contributed by atoms with Crippen molar-refractivity contribution >= 4 is 11.5 Å². The number of benzene rings is 1. The van der Waals surface area contributed by atoms with Gasteiger partial charge >= 0.3 is 0 Å². The van der Waals surface area contributed by atoms with Crippen molar-refractivity contribution < 1.29 is 9.47 Å². The highest BCUT2D eigenvalue weighted by Gasteiger charge is 2.08. The van der Waals surface area contributed by atoms with Crippen LogP contribution < -0.4 is 14.8 Å². The topological polar surface area (TPSA) is 99.9 Å². The zero-order chi connectivity index (χ0) is 16.2. The van der Waals surface area contributed by atoms with Crippen molar-refractivity contribution in [2.24, 2.45) is 0 Å². The lowest BCUT2D eigenvalue weighted by atomic mass is 10.2. The Kier molecular flexibility index (Phi) is 4.00. The highest BCUT2D eigenvalue weighted by molar-refractivity contribution is 5.62. The van der Waals surface area contributed by atoms with Crippen LogP contribution in [0.3, 0.4) is 0 Å². The first-order valence-electron chi connectivity index (χ1n) is 6.79. The SMILES string of the molecule is COc1cc(Nc2ccc(OC)nn2)cc(-n2nnnc2C)c1. The van der Waals surface area contributed by atoms with Crippen LogP contribution in [0.5, 0.6) is 11.6 Å². The number of aryl methyl sites for hydroxylation is 1. The second kappa shape index (κ2) is 6.26. The average molecular weight is 313 g/mol. The molecule has 0 saturated heterocycles. The fraction of sp³-hybridized carbons (Fsp3) is 0.214. The minimum absolute atomic E-state index is 0.450. The number of nitrogens with one attached hydrogen (secondary N) is 1. The number of aromatic nitrogens is 6. The summed E-state index contributed by atoms with van der Waals surface area (Å²) in [6.07, 6.45) is 0. The third kappa shape index (κ3) is 3.18. The van der Waals surface area contributed by atoms with Crippen molar-refractivity contribution in [2.75, 3.05) is 19.5 Å². The molecule has 1 N–H and O–H groups in total. The van der Waals surface area contributed by atoms with Crippen molar-refractivity contribution in [2.45, 2.75) is 6.92 Å². The molecule has 118 valence electrons. The van der Waals surface area contributed by atoms with Crippen LogP contribution in [0.1, 0.15) is 5.82 Å². The van der Waals surface area contributed by atoms with E-state index in [-0.39, 0.29) is 0 Å². The molecule has 0 spiro atoms. The maximum Gasteiger partial charge on any atom is 0.233 e. The Morgan fingerprint density at radius 1 is 1.00 bits per heavy atom. The van der Waals surface area contributed by atoms with Gasteiger partial charge in [0.1, 0.15) is 5.75 Å². The van der Waals surface area contributed by atoms with Crippen LogP contribution in [0.2, 0.25) is 0 Å². The fourth-order valence-electron chi connectivity index (χ4n) is 2.01. The van der Waals surface area contributed by atoms with E-state index in [1.807, 2.05) is 25.1 Å². The monoisotopic (exact) mass is 313 g/mol. The standard InChI is InChI=1S/C14H15N7O2/c1-9-16-19-20-21(9)11-6-10(7-12(8-11)22-2)15-13-4-5-14(23-3)18-17-13/h4-8H,1-3H3,(H,15,17). The normalized spacial score (nSPS) is 10.4. The number of methoxy groups -OCH3 is 2. The number of anilines is 2. The minimum atomic E-state index is 0.450. The first-order chi connectivity index (χ1) is 11.2. The third-order valence-electron chi connectivity index (χ3n) is 3.12. The number of tetrazole rings is 1. The summed E-state index contributed by atoms with van der Waals surface area (Å²) in [5.41, 5.74) is 1.55. The molecule has 0 unspecified atom stereocenters. The second-order valence-corrected chi connectivity index (χ2v) is 4.64. The molecule has 1 aromatic carbocycles. The van der Waals surface area contributed by atoms with E-state index in [1.54, 1.807) is 31.0 Å². The van der Waals surface area contributed by atoms with Gasteiger partial charge in [0.05, 0.1) is 19.9 Å². The van der Waals surface area contributed by atoms with Gasteiger partial charge in [-0.1, -0.05) is 0 Å². The van der Waals surface area contributed by atoms with Crippen LogP contribution in [0.15, 0.2) is 30.3 Å². The zero-order valence-corrected chi connectivity index (χ0v) is 12.9. The van der Waals surface area contributed by atoms with Gasteiger partial charge in [0.25, 0.3) is 0 Å². The molecule has 0 bridgehead atoms. The predicted octanol–water partition coefficient (Wildman–Crippen LogP) is 1.52. The largest absolute Gasteiger partial charge is 0.497 e. The van der Waals surface area contributed by atoms with Crippen molar-refractivity contribution in [3.63, 3.8) is 0 Å². The molecule has 2 aromatic heterocycles. The minimum Gasteiger partial charge on any atom is -0.497 e. The van der Waals surface area contributed by atoms with E-state index in [9.17, 15) is 0 Å². The van der Waals surface area contributed by atoms with Gasteiger partial charge in [-0.15, -0.1) is 15.3 Å². The molecule has 23 heavy (non-hydrogen) atoms. The first-order valence-corrected chi connectivity index (χ1v) is 6.79. The Labute approximate surface area is 132 Å². The van der Waals surface area contributed by atoms with Crippen LogP contribution in [-0.4, -0.2) is 44.6 Å². The molecule has 0 amide bonds. The van der Waals surface area contributed by atoms with E-state index in [4.69, 9.17) is 9.47 Å². The summed E-state index contributed by atoms with van der Waals surface area (Å²) in [5.74, 6) is 2.37. The lowest BCUT2D eigenvalue weighted by molar-refractivity contribution is 0.392. The van der Waals surface area contributed by atoms with Gasteiger partial charge in [-0.25, -0.2) is 0 Å². The quantitative estimate of drug-likeness (QED) is 0.757. The molecule has 9 heteroatoms. The van der Waals surface area contributed by atoms with Gasteiger partial charge < -0.3 is 14.8 Å². The smallest absolute Gasteiger partial charge is 0.233 e. The van der Waals surface area contributed by atoms with Gasteiger partial charge in [0.15, 0.2) is 11.6 Å². The Morgan fingerprint density at radius 3 is 2.48 bits per heavy atom. The number of hydrogen-bond acceptors (Lipinski definition) is 8. The molecular weight excluding hydrogens is 298 g/mol. The molecular formula is C14H15N7O2. The zero-order valence-electron chi connectivity index (χ0n) is 12.9. The summed E-state index contributed by atoms with van der Waals surface area (Å²) < 4.78 is 11.9. The average Bonchev–Trinajstić information content (AvgIpc) is 3.01. The Hall–Kier alpha value is -3.23. The van der Waals surface area contributed by atoms with E-state index in [2.05, 4.69) is 31.0 Å². The number of nitrogens with zero attached hydrogens (tertiary/aromatic N) is 6. The van der Waals surface area contributed by atoms with E-state index >= 15 is 0 Å². The highest BCUT2D eigenvalue weighted by atomic mass is 16.5. The van der Waals surface area contributed by atoms with Crippen molar-refractivity contribution in [1.29, 1.82) is 0 Å². The summed E-state index contributed by atoms with van der Waals surface area (Å²) in [4.78, 5) is 0. The lowest BCUT2D eigenvalue weighted by Crippen LogP contribution is -2.02. The highest BCUT2D eigenvalue weighted by Crippen LogP contribution is 2.25. The fourth-order valence-corrected chi connectivity index (χ4v) is 2.01. The molecule has 0 aliphatic heterocycles. The van der Waals surface area contributed by atoms with Crippen molar-refractivity contribution in [1.82, 2.24) is 30.4 Å².